The molecule has 1 aromatic heterocycles. The Morgan fingerprint density at radius 1 is 1.43 bits per heavy atom. The van der Waals surface area contributed by atoms with Gasteiger partial charge < -0.3 is 0 Å². The van der Waals surface area contributed by atoms with Crippen LogP contribution in [0.5, 0.6) is 0 Å². The lowest BCUT2D eigenvalue weighted by atomic mass is 9.89. The van der Waals surface area contributed by atoms with Gasteiger partial charge in [-0.2, -0.15) is 0 Å². The third-order valence-corrected chi connectivity index (χ3v) is 2.96. The Kier molecular flexibility index (Phi) is 3.73. The first kappa shape index (κ1) is 11.7. The zero-order valence-electron chi connectivity index (χ0n) is 8.76. The highest BCUT2D eigenvalue weighted by molar-refractivity contribution is 7.16. The van der Waals surface area contributed by atoms with Crippen LogP contribution in [0.4, 0.5) is 0 Å². The van der Waals surface area contributed by atoms with E-state index in [1.807, 2.05) is 12.1 Å². The van der Waals surface area contributed by atoms with Crippen molar-refractivity contribution in [2.24, 2.45) is 5.41 Å². The molecule has 0 fully saturated rings. The van der Waals surface area contributed by atoms with Crippen molar-refractivity contribution in [3.8, 4) is 0 Å². The highest BCUT2D eigenvalue weighted by Gasteiger charge is 2.16. The van der Waals surface area contributed by atoms with Crippen molar-refractivity contribution in [2.75, 3.05) is 0 Å². The molecule has 0 radical (unpaired) electrons. The zero-order chi connectivity index (χ0) is 10.8. The van der Waals surface area contributed by atoms with E-state index in [-0.39, 0.29) is 11.2 Å². The van der Waals surface area contributed by atoms with Crippen LogP contribution in [0.3, 0.4) is 0 Å². The van der Waals surface area contributed by atoms with Crippen LogP contribution >= 0.6 is 22.9 Å². The maximum atomic E-state index is 11.6. The molecule has 0 aliphatic carbocycles. The molecule has 1 rings (SSSR count). The number of hydrogen-bond donors (Lipinski definition) is 0. The number of ketones is 1. The van der Waals surface area contributed by atoms with E-state index in [2.05, 4.69) is 20.8 Å². The molecule has 1 nitrogen and oxygen atoms in total. The summed E-state index contributed by atoms with van der Waals surface area (Å²) in [6.07, 6.45) is 1.15. The Labute approximate surface area is 94.1 Å². The number of thiophene rings is 1. The summed E-state index contributed by atoms with van der Waals surface area (Å²) >= 11 is 7.27. The van der Waals surface area contributed by atoms with E-state index in [0.717, 1.165) is 9.21 Å². The summed E-state index contributed by atoms with van der Waals surface area (Å²) in [5, 5.41) is 0. The highest BCUT2D eigenvalue weighted by atomic mass is 35.5. The average molecular weight is 231 g/mol. The van der Waals surface area contributed by atoms with Crippen LogP contribution in [0.25, 0.3) is 0 Å². The van der Waals surface area contributed by atoms with Crippen molar-refractivity contribution >= 4 is 28.7 Å². The van der Waals surface area contributed by atoms with E-state index >= 15 is 0 Å². The number of carbonyl (C=O) groups is 1. The second kappa shape index (κ2) is 4.45. The van der Waals surface area contributed by atoms with Gasteiger partial charge in [-0.25, -0.2) is 0 Å². The lowest BCUT2D eigenvalue weighted by Gasteiger charge is -2.16. The molecule has 78 valence electrons. The van der Waals surface area contributed by atoms with E-state index in [4.69, 9.17) is 11.6 Å². The van der Waals surface area contributed by atoms with Crippen LogP contribution in [0.15, 0.2) is 12.1 Å². The Bertz CT molecular complexity index is 322. The Morgan fingerprint density at radius 2 is 2.07 bits per heavy atom. The molecule has 3 heteroatoms. The minimum absolute atomic E-state index is 0.0815. The first-order chi connectivity index (χ1) is 6.37. The van der Waals surface area contributed by atoms with E-state index < -0.39 is 0 Å². The Hall–Kier alpha value is -0.340. The standard InChI is InChI=1S/C11H15ClOS/c1-11(2,3)7-8(13)6-9-4-5-10(12)14-9/h4-5H,6-7H2,1-3H3. The predicted octanol–water partition coefficient (Wildman–Crippen LogP) is 3.95. The fourth-order valence-corrected chi connectivity index (χ4v) is 2.41. The number of rotatable bonds is 3. The summed E-state index contributed by atoms with van der Waals surface area (Å²) in [6, 6.07) is 3.76. The topological polar surface area (TPSA) is 17.1 Å². The molecule has 0 aliphatic heterocycles. The zero-order valence-corrected chi connectivity index (χ0v) is 10.3. The van der Waals surface area contributed by atoms with Gasteiger partial charge in [0.2, 0.25) is 0 Å². The smallest absolute Gasteiger partial charge is 0.138 e. The molecule has 0 N–H and O–H groups in total. The summed E-state index contributed by atoms with van der Waals surface area (Å²) in [7, 11) is 0. The molecule has 0 spiro atoms. The fourth-order valence-electron chi connectivity index (χ4n) is 1.30. The summed E-state index contributed by atoms with van der Waals surface area (Å²) < 4.78 is 0.753. The van der Waals surface area contributed by atoms with Crippen molar-refractivity contribution in [3.05, 3.63) is 21.3 Å². The van der Waals surface area contributed by atoms with Crippen molar-refractivity contribution in [1.82, 2.24) is 0 Å². The number of hydrogen-bond acceptors (Lipinski definition) is 2. The van der Waals surface area contributed by atoms with Gasteiger partial charge in [0.25, 0.3) is 0 Å². The summed E-state index contributed by atoms with van der Waals surface area (Å²) in [5.41, 5.74) is 0.0815. The second-order valence-electron chi connectivity index (χ2n) is 4.66. The molecule has 14 heavy (non-hydrogen) atoms. The van der Waals surface area contributed by atoms with Crippen LogP contribution < -0.4 is 0 Å². The van der Waals surface area contributed by atoms with Crippen molar-refractivity contribution in [2.45, 2.75) is 33.6 Å². The van der Waals surface area contributed by atoms with Gasteiger partial charge in [0.05, 0.1) is 4.34 Å². The molecule has 1 aromatic rings. The molecule has 0 saturated carbocycles. The summed E-state index contributed by atoms with van der Waals surface area (Å²) in [4.78, 5) is 12.7. The Morgan fingerprint density at radius 3 is 2.50 bits per heavy atom. The van der Waals surface area contributed by atoms with Gasteiger partial charge in [-0.1, -0.05) is 32.4 Å². The largest absolute Gasteiger partial charge is 0.299 e. The van der Waals surface area contributed by atoms with E-state index in [1.54, 1.807) is 0 Å². The van der Waals surface area contributed by atoms with Gasteiger partial charge >= 0.3 is 0 Å². The van der Waals surface area contributed by atoms with Crippen LogP contribution in [0.2, 0.25) is 4.34 Å². The first-order valence-corrected chi connectivity index (χ1v) is 5.82. The maximum absolute atomic E-state index is 11.6. The SMILES string of the molecule is CC(C)(C)CC(=O)Cc1ccc(Cl)s1. The molecule has 0 saturated heterocycles. The lowest BCUT2D eigenvalue weighted by molar-refractivity contribution is -0.120. The number of carbonyl (C=O) groups excluding carboxylic acids is 1. The van der Waals surface area contributed by atoms with Crippen molar-refractivity contribution < 1.29 is 4.79 Å². The normalized spacial score (nSPS) is 11.7. The molecule has 0 aliphatic rings. The lowest BCUT2D eigenvalue weighted by Crippen LogP contribution is -2.14. The molecule has 0 unspecified atom stereocenters. The summed E-state index contributed by atoms with van der Waals surface area (Å²) in [5.74, 6) is 0.288. The molecule has 0 amide bonds. The molecular weight excluding hydrogens is 216 g/mol. The van der Waals surface area contributed by atoms with Gasteiger partial charge in [-0.15, -0.1) is 11.3 Å². The number of Topliss-reactive ketones (excluding diaryl/α,β-unsaturated/α-hetero) is 1. The predicted molar refractivity (Wildman–Crippen MR) is 62.1 cm³/mol. The molecular formula is C11H15ClOS. The minimum Gasteiger partial charge on any atom is -0.299 e. The average Bonchev–Trinajstić information content (AvgIpc) is 2.30. The molecule has 0 aromatic carbocycles. The molecule has 1 heterocycles. The number of halogens is 1. The van der Waals surface area contributed by atoms with Crippen LogP contribution in [-0.2, 0) is 11.2 Å². The van der Waals surface area contributed by atoms with Crippen molar-refractivity contribution in [3.63, 3.8) is 0 Å². The van der Waals surface area contributed by atoms with Gasteiger partial charge in [-0.05, 0) is 17.5 Å². The Balaban J connectivity index is 2.50. The first-order valence-electron chi connectivity index (χ1n) is 4.63. The third-order valence-electron chi connectivity index (χ3n) is 1.73. The summed E-state index contributed by atoms with van der Waals surface area (Å²) in [6.45, 7) is 6.23. The van der Waals surface area contributed by atoms with Gasteiger partial charge in [0, 0.05) is 17.7 Å². The second-order valence-corrected chi connectivity index (χ2v) is 6.46. The van der Waals surface area contributed by atoms with E-state index in [0.29, 0.717) is 12.8 Å². The minimum atomic E-state index is 0.0815. The maximum Gasteiger partial charge on any atom is 0.138 e. The highest BCUT2D eigenvalue weighted by Crippen LogP contribution is 2.24. The quantitative estimate of drug-likeness (QED) is 0.769. The van der Waals surface area contributed by atoms with Crippen LogP contribution in [-0.4, -0.2) is 5.78 Å². The monoisotopic (exact) mass is 230 g/mol. The third kappa shape index (κ3) is 4.25. The van der Waals surface area contributed by atoms with Gasteiger partial charge in [0.1, 0.15) is 5.78 Å². The molecule has 0 atom stereocenters. The van der Waals surface area contributed by atoms with Gasteiger partial charge in [-0.3, -0.25) is 4.79 Å². The van der Waals surface area contributed by atoms with Crippen LogP contribution in [0, 0.1) is 5.41 Å². The van der Waals surface area contributed by atoms with E-state index in [9.17, 15) is 4.79 Å². The van der Waals surface area contributed by atoms with Gasteiger partial charge in [0.15, 0.2) is 0 Å². The molecule has 0 bridgehead atoms. The fraction of sp³-hybridized carbons (Fsp3) is 0.545. The van der Waals surface area contributed by atoms with E-state index in [1.165, 1.54) is 11.3 Å². The van der Waals surface area contributed by atoms with Crippen LogP contribution in [0.1, 0.15) is 32.1 Å². The van der Waals surface area contributed by atoms with Crippen molar-refractivity contribution in [1.29, 1.82) is 0 Å².